The summed E-state index contributed by atoms with van der Waals surface area (Å²) in [7, 11) is 0. The second kappa shape index (κ2) is 7.99. The molecule has 2 heteroatoms. The maximum Gasteiger partial charge on any atom is -0.0349 e. The van der Waals surface area contributed by atoms with Crippen molar-refractivity contribution in [3.63, 3.8) is 0 Å². The highest BCUT2D eigenvalue weighted by Gasteiger charge is 1.82. The third kappa shape index (κ3) is 7.99. The molecule has 0 aromatic rings. The van der Waals surface area contributed by atoms with Crippen LogP contribution in [0.1, 0.15) is 34.1 Å². The normalized spacial score (nSPS) is 6.67. The molecule has 0 atom stereocenters. The Morgan fingerprint density at radius 3 is 1.44 bits per heavy atom. The van der Waals surface area contributed by atoms with Crippen molar-refractivity contribution in [3.05, 3.63) is 11.1 Å². The standard InChI is InChI=1S/C7H14.ClH.H3N/c1-5-7(4)6(2)3;;/h5H2,1-4H3;1H;1H3. The van der Waals surface area contributed by atoms with Crippen LogP contribution in [-0.4, -0.2) is 0 Å². The van der Waals surface area contributed by atoms with Crippen molar-refractivity contribution in [2.45, 2.75) is 34.1 Å². The number of hydrogen-bond acceptors (Lipinski definition) is 1. The molecule has 58 valence electrons. The lowest BCUT2D eigenvalue weighted by molar-refractivity contribution is 1.05. The molecule has 0 unspecified atom stereocenters. The minimum absolute atomic E-state index is 0. The van der Waals surface area contributed by atoms with Gasteiger partial charge in [-0.25, -0.2) is 0 Å². The van der Waals surface area contributed by atoms with Crippen LogP contribution in [0.5, 0.6) is 0 Å². The van der Waals surface area contributed by atoms with Gasteiger partial charge >= 0.3 is 0 Å². The van der Waals surface area contributed by atoms with Crippen LogP contribution in [0.15, 0.2) is 11.1 Å². The zero-order valence-corrected chi connectivity index (χ0v) is 7.64. The Bertz CT molecular complexity index is 82.9. The van der Waals surface area contributed by atoms with E-state index in [0.717, 1.165) is 0 Å². The van der Waals surface area contributed by atoms with E-state index in [2.05, 4.69) is 27.7 Å². The van der Waals surface area contributed by atoms with E-state index in [1.54, 1.807) is 0 Å². The molecule has 0 aromatic carbocycles. The highest BCUT2D eigenvalue weighted by molar-refractivity contribution is 5.85. The average molecular weight is 152 g/mol. The van der Waals surface area contributed by atoms with Gasteiger partial charge < -0.3 is 6.15 Å². The molecule has 0 aliphatic heterocycles. The summed E-state index contributed by atoms with van der Waals surface area (Å²) in [5.74, 6) is 0. The van der Waals surface area contributed by atoms with E-state index in [1.807, 2.05) is 0 Å². The predicted octanol–water partition coefficient (Wildman–Crippen LogP) is 3.34. The fourth-order valence-electron chi connectivity index (χ4n) is 0.354. The molecular weight excluding hydrogens is 134 g/mol. The maximum atomic E-state index is 2.18. The van der Waals surface area contributed by atoms with E-state index in [4.69, 9.17) is 0 Å². The summed E-state index contributed by atoms with van der Waals surface area (Å²) in [6, 6.07) is 0. The van der Waals surface area contributed by atoms with Crippen LogP contribution in [-0.2, 0) is 0 Å². The molecule has 0 aliphatic carbocycles. The fourth-order valence-corrected chi connectivity index (χ4v) is 0.354. The number of hydrogen-bond donors (Lipinski definition) is 1. The van der Waals surface area contributed by atoms with Gasteiger partial charge in [0, 0.05) is 0 Å². The van der Waals surface area contributed by atoms with Gasteiger partial charge in [0.25, 0.3) is 0 Å². The molecule has 0 aromatic heterocycles. The van der Waals surface area contributed by atoms with Crippen molar-refractivity contribution in [1.82, 2.24) is 6.15 Å². The zero-order valence-electron chi connectivity index (χ0n) is 6.82. The first-order valence-electron chi connectivity index (χ1n) is 2.81. The van der Waals surface area contributed by atoms with E-state index in [1.165, 1.54) is 17.6 Å². The molecule has 0 heterocycles. The van der Waals surface area contributed by atoms with Gasteiger partial charge in [0.1, 0.15) is 0 Å². The summed E-state index contributed by atoms with van der Waals surface area (Å²) < 4.78 is 0. The minimum atomic E-state index is 0. The Morgan fingerprint density at radius 1 is 1.11 bits per heavy atom. The van der Waals surface area contributed by atoms with Crippen LogP contribution < -0.4 is 6.15 Å². The SMILES string of the molecule is CCC(C)=C(C)C.Cl.N. The molecule has 0 radical (unpaired) electrons. The average Bonchev–Trinajstić information content (AvgIpc) is 1.65. The Labute approximate surface area is 64.5 Å². The fraction of sp³-hybridized carbons (Fsp3) is 0.714. The maximum absolute atomic E-state index is 2.18. The van der Waals surface area contributed by atoms with Crippen molar-refractivity contribution < 1.29 is 0 Å². The Morgan fingerprint density at radius 2 is 1.44 bits per heavy atom. The number of rotatable bonds is 1. The number of allylic oxidation sites excluding steroid dienone is 2. The Kier molecular flexibility index (Phi) is 14.2. The molecule has 0 saturated carbocycles. The molecule has 0 fully saturated rings. The predicted molar refractivity (Wildman–Crippen MR) is 46.6 cm³/mol. The molecular formula is C7H18ClN. The Hall–Kier alpha value is -0.0100. The summed E-state index contributed by atoms with van der Waals surface area (Å²) >= 11 is 0. The van der Waals surface area contributed by atoms with Gasteiger partial charge in [-0.15, -0.1) is 12.4 Å². The van der Waals surface area contributed by atoms with Crippen LogP contribution in [0.3, 0.4) is 0 Å². The molecule has 3 N–H and O–H groups in total. The third-order valence-electron chi connectivity index (χ3n) is 1.38. The third-order valence-corrected chi connectivity index (χ3v) is 1.38. The summed E-state index contributed by atoms with van der Waals surface area (Å²) in [5.41, 5.74) is 2.97. The first-order chi connectivity index (χ1) is 3.18. The molecule has 9 heavy (non-hydrogen) atoms. The number of halogens is 1. The largest absolute Gasteiger partial charge is 0.344 e. The monoisotopic (exact) mass is 151 g/mol. The van der Waals surface area contributed by atoms with Crippen LogP contribution >= 0.6 is 12.4 Å². The summed E-state index contributed by atoms with van der Waals surface area (Å²) in [6.07, 6.45) is 1.20. The first kappa shape index (κ1) is 16.0. The lowest BCUT2D eigenvalue weighted by Crippen LogP contribution is -1.73. The van der Waals surface area contributed by atoms with Crippen molar-refractivity contribution in [1.29, 1.82) is 0 Å². The summed E-state index contributed by atoms with van der Waals surface area (Å²) in [6.45, 7) is 8.66. The van der Waals surface area contributed by atoms with Gasteiger partial charge in [-0.05, 0) is 27.2 Å². The van der Waals surface area contributed by atoms with Gasteiger partial charge in [0.2, 0.25) is 0 Å². The lowest BCUT2D eigenvalue weighted by Gasteiger charge is -1.94. The molecule has 0 spiro atoms. The molecule has 0 aliphatic rings. The van der Waals surface area contributed by atoms with E-state index in [-0.39, 0.29) is 18.6 Å². The van der Waals surface area contributed by atoms with Gasteiger partial charge in [-0.2, -0.15) is 0 Å². The van der Waals surface area contributed by atoms with E-state index < -0.39 is 0 Å². The van der Waals surface area contributed by atoms with E-state index >= 15 is 0 Å². The lowest BCUT2D eigenvalue weighted by atomic mass is 10.1. The van der Waals surface area contributed by atoms with Crippen molar-refractivity contribution in [3.8, 4) is 0 Å². The van der Waals surface area contributed by atoms with Gasteiger partial charge in [0.15, 0.2) is 0 Å². The van der Waals surface area contributed by atoms with Crippen LogP contribution in [0, 0.1) is 0 Å². The summed E-state index contributed by atoms with van der Waals surface area (Å²) in [5, 5.41) is 0. The molecule has 0 bridgehead atoms. The van der Waals surface area contributed by atoms with Gasteiger partial charge in [0.05, 0.1) is 0 Å². The van der Waals surface area contributed by atoms with E-state index in [0.29, 0.717) is 0 Å². The highest BCUT2D eigenvalue weighted by atomic mass is 35.5. The second-order valence-electron chi connectivity index (χ2n) is 2.13. The van der Waals surface area contributed by atoms with Gasteiger partial charge in [-0.3, -0.25) is 0 Å². The van der Waals surface area contributed by atoms with Crippen molar-refractivity contribution in [2.24, 2.45) is 0 Å². The minimum Gasteiger partial charge on any atom is -0.344 e. The quantitative estimate of drug-likeness (QED) is 0.574. The van der Waals surface area contributed by atoms with Crippen LogP contribution in [0.25, 0.3) is 0 Å². The molecule has 1 nitrogen and oxygen atoms in total. The Balaban J connectivity index is -0.000000180. The zero-order chi connectivity index (χ0) is 5.86. The van der Waals surface area contributed by atoms with Crippen LogP contribution in [0.4, 0.5) is 0 Å². The van der Waals surface area contributed by atoms with E-state index in [9.17, 15) is 0 Å². The second-order valence-corrected chi connectivity index (χ2v) is 2.13. The molecule has 0 amide bonds. The summed E-state index contributed by atoms with van der Waals surface area (Å²) in [4.78, 5) is 0. The van der Waals surface area contributed by atoms with Crippen molar-refractivity contribution >= 4 is 12.4 Å². The van der Waals surface area contributed by atoms with Gasteiger partial charge in [-0.1, -0.05) is 18.1 Å². The first-order valence-corrected chi connectivity index (χ1v) is 2.81. The molecule has 0 rings (SSSR count). The smallest absolute Gasteiger partial charge is 0.0349 e. The molecule has 0 saturated heterocycles. The topological polar surface area (TPSA) is 35.0 Å². The highest BCUT2D eigenvalue weighted by Crippen LogP contribution is 2.04. The van der Waals surface area contributed by atoms with Crippen molar-refractivity contribution in [2.75, 3.05) is 0 Å². The van der Waals surface area contributed by atoms with Crippen LogP contribution in [0.2, 0.25) is 0 Å².